The molecule has 4 aromatic rings. The molecule has 0 saturated heterocycles. The van der Waals surface area contributed by atoms with Gasteiger partial charge in [0.15, 0.2) is 16.6 Å². The summed E-state index contributed by atoms with van der Waals surface area (Å²) in [5.74, 6) is -0.242. The second-order valence-corrected chi connectivity index (χ2v) is 7.37. The Balaban J connectivity index is 1.58. The minimum atomic E-state index is -0.382. The van der Waals surface area contributed by atoms with Crippen molar-refractivity contribution in [3.8, 4) is 11.4 Å². The fraction of sp³-hybridized carbons (Fsp3) is 0.0526. The van der Waals surface area contributed by atoms with Crippen molar-refractivity contribution in [2.75, 3.05) is 11.1 Å². The molecule has 2 aromatic heterocycles. The molecule has 7 nitrogen and oxygen atoms in total. The van der Waals surface area contributed by atoms with E-state index in [1.54, 1.807) is 24.3 Å². The second kappa shape index (κ2) is 8.06. The third kappa shape index (κ3) is 4.47. The van der Waals surface area contributed by atoms with Crippen molar-refractivity contribution >= 4 is 40.6 Å². The molecule has 10 heteroatoms. The predicted molar refractivity (Wildman–Crippen MR) is 110 cm³/mol. The summed E-state index contributed by atoms with van der Waals surface area (Å²) in [6.07, 6.45) is 0. The zero-order chi connectivity index (χ0) is 20.4. The van der Waals surface area contributed by atoms with E-state index >= 15 is 0 Å². The fourth-order valence-electron chi connectivity index (χ4n) is 2.57. The number of H-pyrrole nitrogens is 1. The average molecular weight is 430 g/mol. The number of aromatic amines is 1. The zero-order valence-electron chi connectivity index (χ0n) is 14.7. The van der Waals surface area contributed by atoms with Crippen LogP contribution < -0.4 is 10.9 Å². The zero-order valence-corrected chi connectivity index (χ0v) is 16.3. The number of nitrogens with one attached hydrogen (secondary N) is 2. The van der Waals surface area contributed by atoms with Crippen molar-refractivity contribution in [3.63, 3.8) is 0 Å². The Hall–Kier alpha value is -3.17. The van der Waals surface area contributed by atoms with E-state index in [4.69, 9.17) is 11.6 Å². The maximum absolute atomic E-state index is 13.0. The van der Waals surface area contributed by atoms with Gasteiger partial charge >= 0.3 is 0 Å². The number of carbonyl (C=O) groups excluding carboxylic acids is 1. The van der Waals surface area contributed by atoms with Crippen molar-refractivity contribution in [2.24, 2.45) is 0 Å². The number of amides is 1. The highest BCUT2D eigenvalue weighted by molar-refractivity contribution is 7.99. The molecule has 0 atom stereocenters. The van der Waals surface area contributed by atoms with Crippen LogP contribution in [0.2, 0.25) is 5.02 Å². The van der Waals surface area contributed by atoms with E-state index in [0.29, 0.717) is 27.3 Å². The normalized spacial score (nSPS) is 11.0. The van der Waals surface area contributed by atoms with Crippen LogP contribution in [-0.4, -0.2) is 31.2 Å². The molecule has 0 fully saturated rings. The highest BCUT2D eigenvalue weighted by Gasteiger charge is 2.13. The summed E-state index contributed by atoms with van der Waals surface area (Å²) >= 11 is 7.06. The highest BCUT2D eigenvalue weighted by atomic mass is 35.5. The molecule has 29 heavy (non-hydrogen) atoms. The van der Waals surface area contributed by atoms with Gasteiger partial charge in [0.25, 0.3) is 5.56 Å². The number of nitrogens with zero attached hydrogens (tertiary/aromatic N) is 3. The summed E-state index contributed by atoms with van der Waals surface area (Å²) in [4.78, 5) is 32.9. The molecule has 0 bridgehead atoms. The van der Waals surface area contributed by atoms with Gasteiger partial charge in [0.1, 0.15) is 5.82 Å². The molecule has 2 heterocycles. The Morgan fingerprint density at radius 2 is 1.86 bits per heavy atom. The molecule has 1 amide bonds. The summed E-state index contributed by atoms with van der Waals surface area (Å²) in [6.45, 7) is 0. The Morgan fingerprint density at radius 1 is 1.14 bits per heavy atom. The standard InChI is InChI=1S/C19H13ClFN5O2S/c20-12-3-1-11(2-4-12)18-23-15-9-16(27)25-26(15)19(24-18)29-10-17(28)22-14-7-5-13(21)6-8-14/h1-9H,10H2,(H,22,28)(H,25,27). The smallest absolute Gasteiger partial charge is 0.266 e. The molecule has 2 N–H and O–H groups in total. The number of carbonyl (C=O) groups is 1. The van der Waals surface area contributed by atoms with Crippen molar-refractivity contribution in [1.82, 2.24) is 19.6 Å². The van der Waals surface area contributed by atoms with E-state index in [1.807, 2.05) is 0 Å². The number of benzene rings is 2. The molecule has 0 radical (unpaired) electrons. The molecule has 0 aliphatic carbocycles. The Kier molecular flexibility index (Phi) is 5.32. The van der Waals surface area contributed by atoms with Crippen LogP contribution in [0.3, 0.4) is 0 Å². The SMILES string of the molecule is O=C(CSc1nc(-c2ccc(Cl)cc2)nc2cc(=O)[nH]n12)Nc1ccc(F)cc1. The molecule has 2 aromatic carbocycles. The number of thioether (sulfide) groups is 1. The van der Waals surface area contributed by atoms with Crippen LogP contribution in [0.1, 0.15) is 0 Å². The van der Waals surface area contributed by atoms with E-state index < -0.39 is 0 Å². The molecule has 146 valence electrons. The first-order chi connectivity index (χ1) is 14.0. The molecule has 0 aliphatic heterocycles. The molecule has 0 unspecified atom stereocenters. The van der Waals surface area contributed by atoms with Crippen molar-refractivity contribution in [2.45, 2.75) is 5.16 Å². The van der Waals surface area contributed by atoms with E-state index in [1.165, 1.54) is 34.8 Å². The van der Waals surface area contributed by atoms with Gasteiger partial charge in [0, 0.05) is 22.3 Å². The van der Waals surface area contributed by atoms with Crippen molar-refractivity contribution < 1.29 is 9.18 Å². The first-order valence-corrected chi connectivity index (χ1v) is 9.78. The Labute approximate surface area is 172 Å². The van der Waals surface area contributed by atoms with E-state index in [2.05, 4.69) is 20.4 Å². The lowest BCUT2D eigenvalue weighted by Gasteiger charge is -2.08. The van der Waals surface area contributed by atoms with Gasteiger partial charge in [0.05, 0.1) is 5.75 Å². The minimum absolute atomic E-state index is 0.0315. The largest absolute Gasteiger partial charge is 0.325 e. The summed E-state index contributed by atoms with van der Waals surface area (Å²) in [7, 11) is 0. The maximum Gasteiger partial charge on any atom is 0.266 e. The van der Waals surface area contributed by atoms with Crippen LogP contribution in [0.4, 0.5) is 10.1 Å². The number of rotatable bonds is 5. The number of fused-ring (bicyclic) bond motifs is 1. The Bertz CT molecular complexity index is 1240. The maximum atomic E-state index is 13.0. The van der Waals surface area contributed by atoms with Crippen LogP contribution in [0.25, 0.3) is 17.0 Å². The highest BCUT2D eigenvalue weighted by Crippen LogP contribution is 2.23. The quantitative estimate of drug-likeness (QED) is 0.473. The van der Waals surface area contributed by atoms with E-state index in [-0.39, 0.29) is 23.0 Å². The van der Waals surface area contributed by atoms with E-state index in [9.17, 15) is 14.0 Å². The van der Waals surface area contributed by atoms with Gasteiger partial charge in [-0.2, -0.15) is 0 Å². The van der Waals surface area contributed by atoms with Gasteiger partial charge in [-0.25, -0.2) is 18.9 Å². The molecule has 4 rings (SSSR count). The second-order valence-electron chi connectivity index (χ2n) is 5.99. The lowest BCUT2D eigenvalue weighted by atomic mass is 10.2. The van der Waals surface area contributed by atoms with Crippen LogP contribution >= 0.6 is 23.4 Å². The van der Waals surface area contributed by atoms with Gasteiger partial charge < -0.3 is 5.32 Å². The fourth-order valence-corrected chi connectivity index (χ4v) is 3.45. The first-order valence-electron chi connectivity index (χ1n) is 8.42. The molecule has 0 spiro atoms. The minimum Gasteiger partial charge on any atom is -0.325 e. The Morgan fingerprint density at radius 3 is 2.59 bits per heavy atom. The summed E-state index contributed by atoms with van der Waals surface area (Å²) in [5, 5.41) is 6.28. The number of halogens is 2. The third-order valence-electron chi connectivity index (χ3n) is 3.89. The molecule has 0 aliphatic rings. The van der Waals surface area contributed by atoms with Gasteiger partial charge in [-0.1, -0.05) is 23.4 Å². The van der Waals surface area contributed by atoms with E-state index in [0.717, 1.165) is 17.3 Å². The predicted octanol–water partition coefficient (Wildman–Crippen LogP) is 3.61. The van der Waals surface area contributed by atoms with Gasteiger partial charge in [0.2, 0.25) is 5.91 Å². The number of aromatic nitrogens is 4. The third-order valence-corrected chi connectivity index (χ3v) is 5.08. The summed E-state index contributed by atoms with van der Waals surface area (Å²) in [6, 6.07) is 13.8. The molecular weight excluding hydrogens is 417 g/mol. The number of hydrogen-bond acceptors (Lipinski definition) is 5. The topological polar surface area (TPSA) is 92.2 Å². The van der Waals surface area contributed by atoms with Crippen molar-refractivity contribution in [3.05, 3.63) is 75.8 Å². The van der Waals surface area contributed by atoms with Crippen LogP contribution in [0.15, 0.2) is 64.5 Å². The number of hydrogen-bond donors (Lipinski definition) is 2. The van der Waals surface area contributed by atoms with Gasteiger partial charge in [-0.15, -0.1) is 0 Å². The summed E-state index contributed by atoms with van der Waals surface area (Å²) < 4.78 is 14.4. The lowest BCUT2D eigenvalue weighted by Crippen LogP contribution is -2.15. The molecular formula is C19H13ClFN5O2S. The van der Waals surface area contributed by atoms with Crippen molar-refractivity contribution in [1.29, 1.82) is 0 Å². The monoisotopic (exact) mass is 429 g/mol. The van der Waals surface area contributed by atoms with Crippen LogP contribution in [0.5, 0.6) is 0 Å². The average Bonchev–Trinajstić information content (AvgIpc) is 3.08. The first kappa shape index (κ1) is 19.2. The molecule has 0 saturated carbocycles. The number of anilines is 1. The van der Waals surface area contributed by atoms with Crippen LogP contribution in [-0.2, 0) is 4.79 Å². The lowest BCUT2D eigenvalue weighted by molar-refractivity contribution is -0.113. The van der Waals surface area contributed by atoms with Crippen LogP contribution in [0, 0.1) is 5.82 Å². The van der Waals surface area contributed by atoms with Gasteiger partial charge in [-0.3, -0.25) is 14.7 Å². The van der Waals surface area contributed by atoms with Gasteiger partial charge in [-0.05, 0) is 48.5 Å². The summed E-state index contributed by atoms with van der Waals surface area (Å²) in [5.41, 5.74) is 1.27.